The molecule has 1 unspecified atom stereocenters. The molecule has 0 aliphatic heterocycles. The van der Waals surface area contributed by atoms with Gasteiger partial charge in [-0.05, 0) is 6.92 Å². The van der Waals surface area contributed by atoms with Crippen LogP contribution in [0.25, 0.3) is 0 Å². The fraction of sp³-hybridized carbons (Fsp3) is 0.400. The molecule has 5 nitrogen and oxygen atoms in total. The molecule has 2 N–H and O–H groups in total. The van der Waals surface area contributed by atoms with Gasteiger partial charge in [-0.25, -0.2) is 4.98 Å². The van der Waals surface area contributed by atoms with Gasteiger partial charge in [-0.3, -0.25) is 4.68 Å². The van der Waals surface area contributed by atoms with Crippen molar-refractivity contribution < 1.29 is 5.11 Å². The number of aliphatic hydroxyl groups excluding tert-OH is 1. The number of hydrogen-bond acceptors (Lipinski definition) is 5. The van der Waals surface area contributed by atoms with E-state index in [1.807, 2.05) is 17.1 Å². The van der Waals surface area contributed by atoms with Crippen LogP contribution in [0.15, 0.2) is 23.3 Å². The van der Waals surface area contributed by atoms with E-state index in [0.717, 1.165) is 11.4 Å². The summed E-state index contributed by atoms with van der Waals surface area (Å²) in [7, 11) is 0. The highest BCUT2D eigenvalue weighted by Gasteiger charge is 2.08. The van der Waals surface area contributed by atoms with Gasteiger partial charge in [0.15, 0.2) is 0 Å². The summed E-state index contributed by atoms with van der Waals surface area (Å²) in [6.45, 7) is 2.67. The van der Waals surface area contributed by atoms with E-state index >= 15 is 0 Å². The van der Waals surface area contributed by atoms with Gasteiger partial charge in [0.2, 0.25) is 0 Å². The van der Waals surface area contributed by atoms with Crippen LogP contribution in [0.1, 0.15) is 18.7 Å². The molecule has 0 saturated heterocycles. The van der Waals surface area contributed by atoms with Crippen LogP contribution in [-0.2, 0) is 6.54 Å². The first-order valence-electron chi connectivity index (χ1n) is 5.07. The molecule has 0 aromatic carbocycles. The molecular formula is C10H14N4OS. The number of nitrogens with one attached hydrogen (secondary N) is 1. The Morgan fingerprint density at radius 1 is 1.62 bits per heavy atom. The number of anilines is 1. The van der Waals surface area contributed by atoms with Crippen molar-refractivity contribution in [1.82, 2.24) is 14.8 Å². The Bertz CT molecular complexity index is 426. The molecule has 2 aromatic heterocycles. The summed E-state index contributed by atoms with van der Waals surface area (Å²) >= 11 is 1.59. The first kappa shape index (κ1) is 11.1. The smallest absolute Gasteiger partial charge is 0.0795 e. The van der Waals surface area contributed by atoms with Crippen LogP contribution in [0.2, 0.25) is 0 Å². The molecule has 0 saturated carbocycles. The molecule has 16 heavy (non-hydrogen) atoms. The van der Waals surface area contributed by atoms with E-state index in [1.54, 1.807) is 22.2 Å². The molecule has 0 spiro atoms. The fourth-order valence-corrected chi connectivity index (χ4v) is 2.07. The van der Waals surface area contributed by atoms with Crippen molar-refractivity contribution in [2.24, 2.45) is 0 Å². The highest BCUT2D eigenvalue weighted by Crippen LogP contribution is 2.18. The van der Waals surface area contributed by atoms with E-state index in [4.69, 9.17) is 5.11 Å². The van der Waals surface area contributed by atoms with Crippen LogP contribution < -0.4 is 5.32 Å². The predicted octanol–water partition coefficient (Wildman–Crippen LogP) is 1.50. The van der Waals surface area contributed by atoms with Crippen molar-refractivity contribution in [3.63, 3.8) is 0 Å². The molecule has 2 aromatic rings. The van der Waals surface area contributed by atoms with E-state index < -0.39 is 0 Å². The Morgan fingerprint density at radius 3 is 3.19 bits per heavy atom. The maximum Gasteiger partial charge on any atom is 0.0795 e. The first-order chi connectivity index (χ1) is 7.79. The summed E-state index contributed by atoms with van der Waals surface area (Å²) in [5, 5.41) is 18.2. The maximum absolute atomic E-state index is 8.77. The average Bonchev–Trinajstić information content (AvgIpc) is 2.89. The second kappa shape index (κ2) is 5.09. The minimum Gasteiger partial charge on any atom is -0.394 e. The predicted molar refractivity (Wildman–Crippen MR) is 63.5 cm³/mol. The maximum atomic E-state index is 8.77. The Kier molecular flexibility index (Phi) is 3.53. The normalized spacial score (nSPS) is 12.6. The SMILES string of the molecule is CC(Nc1cnn(CCO)c1)c1cscn1. The number of nitrogens with zero attached hydrogens (tertiary/aromatic N) is 3. The summed E-state index contributed by atoms with van der Waals surface area (Å²) in [5.74, 6) is 0. The molecule has 0 fully saturated rings. The van der Waals surface area contributed by atoms with E-state index in [2.05, 4.69) is 22.3 Å². The quantitative estimate of drug-likeness (QED) is 0.828. The Labute approximate surface area is 97.8 Å². The van der Waals surface area contributed by atoms with Crippen molar-refractivity contribution in [2.45, 2.75) is 19.5 Å². The van der Waals surface area contributed by atoms with Gasteiger partial charge < -0.3 is 10.4 Å². The van der Waals surface area contributed by atoms with Crippen molar-refractivity contribution >= 4 is 17.0 Å². The zero-order valence-electron chi connectivity index (χ0n) is 9.00. The largest absolute Gasteiger partial charge is 0.394 e. The van der Waals surface area contributed by atoms with Gasteiger partial charge in [-0.1, -0.05) is 0 Å². The monoisotopic (exact) mass is 238 g/mol. The molecule has 0 aliphatic rings. The minimum atomic E-state index is 0.1000. The van der Waals surface area contributed by atoms with Crippen molar-refractivity contribution in [2.75, 3.05) is 11.9 Å². The van der Waals surface area contributed by atoms with Crippen LogP contribution in [0.4, 0.5) is 5.69 Å². The zero-order valence-corrected chi connectivity index (χ0v) is 9.81. The van der Waals surface area contributed by atoms with Crippen molar-refractivity contribution in [3.05, 3.63) is 29.0 Å². The Morgan fingerprint density at radius 2 is 2.50 bits per heavy atom. The Balaban J connectivity index is 1.98. The van der Waals surface area contributed by atoms with E-state index in [9.17, 15) is 0 Å². The molecular weight excluding hydrogens is 224 g/mol. The molecule has 0 aliphatic carbocycles. The summed E-state index contributed by atoms with van der Waals surface area (Å²) < 4.78 is 1.70. The number of thiazole rings is 1. The second-order valence-electron chi connectivity index (χ2n) is 3.50. The highest BCUT2D eigenvalue weighted by atomic mass is 32.1. The van der Waals surface area contributed by atoms with Gasteiger partial charge in [-0.2, -0.15) is 5.10 Å². The Hall–Kier alpha value is -1.40. The summed E-state index contributed by atoms with van der Waals surface area (Å²) in [5.41, 5.74) is 3.79. The summed E-state index contributed by atoms with van der Waals surface area (Å²) in [6.07, 6.45) is 3.62. The lowest BCUT2D eigenvalue weighted by molar-refractivity contribution is 0.269. The average molecular weight is 238 g/mol. The highest BCUT2D eigenvalue weighted by molar-refractivity contribution is 7.07. The van der Waals surface area contributed by atoms with Crippen molar-refractivity contribution in [3.8, 4) is 0 Å². The van der Waals surface area contributed by atoms with Gasteiger partial charge in [0.25, 0.3) is 0 Å². The number of aromatic nitrogens is 3. The van der Waals surface area contributed by atoms with Gasteiger partial charge >= 0.3 is 0 Å². The number of rotatable bonds is 5. The van der Waals surface area contributed by atoms with Crippen molar-refractivity contribution in [1.29, 1.82) is 0 Å². The second-order valence-corrected chi connectivity index (χ2v) is 4.21. The van der Waals surface area contributed by atoms with Gasteiger partial charge in [-0.15, -0.1) is 11.3 Å². The van der Waals surface area contributed by atoms with Gasteiger partial charge in [0, 0.05) is 11.6 Å². The molecule has 2 heterocycles. The lowest BCUT2D eigenvalue weighted by Crippen LogP contribution is -2.06. The zero-order chi connectivity index (χ0) is 11.4. The standard InChI is InChI=1S/C10H14N4OS/c1-8(10-6-16-7-11-10)13-9-4-12-14(5-9)2-3-15/h4-8,13,15H,2-3H2,1H3. The van der Waals surface area contributed by atoms with Gasteiger partial charge in [0.05, 0.1) is 42.3 Å². The molecule has 86 valence electrons. The van der Waals surface area contributed by atoms with Gasteiger partial charge in [0.1, 0.15) is 0 Å². The van der Waals surface area contributed by atoms with Crippen LogP contribution in [0, 0.1) is 0 Å². The minimum absolute atomic E-state index is 0.1000. The third-order valence-electron chi connectivity index (χ3n) is 2.24. The van der Waals surface area contributed by atoms with Crippen LogP contribution in [0.5, 0.6) is 0 Å². The summed E-state index contributed by atoms with van der Waals surface area (Å²) in [6, 6.07) is 0.165. The van der Waals surface area contributed by atoms with Crippen LogP contribution >= 0.6 is 11.3 Å². The van der Waals surface area contributed by atoms with Crippen LogP contribution in [-0.4, -0.2) is 26.5 Å². The molecule has 1 atom stereocenters. The van der Waals surface area contributed by atoms with E-state index in [-0.39, 0.29) is 12.6 Å². The molecule has 0 amide bonds. The fourth-order valence-electron chi connectivity index (χ4n) is 1.42. The molecule has 2 rings (SSSR count). The molecule has 0 radical (unpaired) electrons. The van der Waals surface area contributed by atoms with E-state index in [0.29, 0.717) is 6.54 Å². The molecule has 0 bridgehead atoms. The third-order valence-corrected chi connectivity index (χ3v) is 2.85. The molecule has 6 heteroatoms. The number of hydrogen-bond donors (Lipinski definition) is 2. The number of aliphatic hydroxyl groups is 1. The van der Waals surface area contributed by atoms with Crippen LogP contribution in [0.3, 0.4) is 0 Å². The topological polar surface area (TPSA) is 63.0 Å². The first-order valence-corrected chi connectivity index (χ1v) is 6.02. The lowest BCUT2D eigenvalue weighted by atomic mass is 10.2. The van der Waals surface area contributed by atoms with E-state index in [1.165, 1.54) is 0 Å². The lowest BCUT2D eigenvalue weighted by Gasteiger charge is -2.10. The summed E-state index contributed by atoms with van der Waals surface area (Å²) in [4.78, 5) is 4.24. The third kappa shape index (κ3) is 2.59.